The minimum atomic E-state index is -0.724. The van der Waals surface area contributed by atoms with Crippen LogP contribution in [0.1, 0.15) is 44.9 Å². The van der Waals surface area contributed by atoms with Crippen molar-refractivity contribution >= 4 is 18.0 Å². The van der Waals surface area contributed by atoms with E-state index in [-0.39, 0.29) is 18.3 Å². The van der Waals surface area contributed by atoms with Crippen molar-refractivity contribution in [2.75, 3.05) is 31.6 Å². The third-order valence-electron chi connectivity index (χ3n) is 4.70. The van der Waals surface area contributed by atoms with E-state index in [1.54, 1.807) is 13.8 Å². The maximum Gasteiger partial charge on any atom is 0.414 e. The van der Waals surface area contributed by atoms with Crippen LogP contribution in [0.3, 0.4) is 0 Å². The fourth-order valence-electron chi connectivity index (χ4n) is 3.48. The summed E-state index contributed by atoms with van der Waals surface area (Å²) in [7, 11) is 0. The molecule has 1 aromatic rings. The molecule has 0 aromatic carbocycles. The third-order valence-corrected chi connectivity index (χ3v) is 4.70. The van der Waals surface area contributed by atoms with Gasteiger partial charge in [-0.1, -0.05) is 0 Å². The molecule has 4 heterocycles. The molecule has 3 aliphatic rings. The highest BCUT2D eigenvalue weighted by Crippen LogP contribution is 2.38. The number of ether oxygens (including phenoxy) is 2. The van der Waals surface area contributed by atoms with Gasteiger partial charge in [-0.25, -0.2) is 4.79 Å². The molecule has 1 N–H and O–H groups in total. The number of fused-ring (bicyclic) bond motifs is 3. The first-order valence-corrected chi connectivity index (χ1v) is 8.74. The van der Waals surface area contributed by atoms with Crippen molar-refractivity contribution in [1.82, 2.24) is 15.0 Å². The van der Waals surface area contributed by atoms with Crippen LogP contribution in [0.5, 0.6) is 0 Å². The van der Waals surface area contributed by atoms with Gasteiger partial charge in [-0.15, -0.1) is 0 Å². The van der Waals surface area contributed by atoms with E-state index in [4.69, 9.17) is 14.0 Å². The molecule has 3 aliphatic heterocycles. The Hall–Kier alpha value is -2.16. The summed E-state index contributed by atoms with van der Waals surface area (Å²) in [4.78, 5) is 29.9. The highest BCUT2D eigenvalue weighted by Gasteiger charge is 2.38. The molecule has 0 spiro atoms. The lowest BCUT2D eigenvalue weighted by Gasteiger charge is -2.43. The second-order valence-corrected chi connectivity index (χ2v) is 6.55. The first-order valence-electron chi connectivity index (χ1n) is 8.74. The van der Waals surface area contributed by atoms with Crippen molar-refractivity contribution in [2.45, 2.75) is 45.1 Å². The molecule has 1 amide bonds. The first kappa shape index (κ1) is 17.7. The summed E-state index contributed by atoms with van der Waals surface area (Å²) in [6.07, 6.45) is 0.954. The van der Waals surface area contributed by atoms with Crippen LogP contribution in [0.2, 0.25) is 0 Å². The first-order chi connectivity index (χ1) is 12.0. The van der Waals surface area contributed by atoms with Crippen molar-refractivity contribution in [2.24, 2.45) is 5.92 Å². The fraction of sp³-hybridized carbons (Fsp3) is 0.750. The number of piperidine rings is 3. The Balaban J connectivity index is 1.49. The van der Waals surface area contributed by atoms with Crippen LogP contribution >= 0.6 is 0 Å². The zero-order valence-corrected chi connectivity index (χ0v) is 14.6. The van der Waals surface area contributed by atoms with Crippen LogP contribution in [-0.4, -0.2) is 59.4 Å². The maximum atomic E-state index is 11.9. The molecule has 2 atom stereocenters. The molecule has 0 radical (unpaired) electrons. The molecule has 2 bridgehead atoms. The molecule has 9 nitrogen and oxygen atoms in total. The summed E-state index contributed by atoms with van der Waals surface area (Å²) < 4.78 is 15.2. The topological polar surface area (TPSA) is 107 Å². The van der Waals surface area contributed by atoms with Gasteiger partial charge in [0.2, 0.25) is 5.89 Å². The minimum Gasteiger partial charge on any atom is -0.466 e. The highest BCUT2D eigenvalue weighted by atomic mass is 16.6. The lowest BCUT2D eigenvalue weighted by Crippen LogP contribution is -2.46. The molecule has 1 aromatic heterocycles. The number of esters is 1. The number of hydrogen-bond donors (Lipinski definition) is 1. The summed E-state index contributed by atoms with van der Waals surface area (Å²) in [6, 6.07) is 0. The molecular weight excluding hydrogens is 328 g/mol. The fourth-order valence-corrected chi connectivity index (χ4v) is 3.48. The quantitative estimate of drug-likeness (QED) is 0.772. The number of anilines is 1. The number of carbonyl (C=O) groups excluding carboxylic acids is 2. The van der Waals surface area contributed by atoms with Crippen LogP contribution in [0.4, 0.5) is 10.7 Å². The van der Waals surface area contributed by atoms with Crippen LogP contribution < -0.4 is 5.32 Å². The molecule has 3 fully saturated rings. The van der Waals surface area contributed by atoms with Crippen molar-refractivity contribution in [3.63, 3.8) is 0 Å². The number of carbonyl (C=O) groups is 2. The second kappa shape index (κ2) is 7.81. The molecular formula is C16H24N4O5. The van der Waals surface area contributed by atoms with E-state index in [2.05, 4.69) is 20.4 Å². The summed E-state index contributed by atoms with van der Waals surface area (Å²) >= 11 is 0. The lowest BCUT2D eigenvalue weighted by molar-refractivity contribution is -0.145. The summed E-state index contributed by atoms with van der Waals surface area (Å²) in [6.45, 7) is 6.82. The number of nitrogens with zero attached hydrogens (tertiary/aromatic N) is 3. The van der Waals surface area contributed by atoms with Crippen molar-refractivity contribution in [3.05, 3.63) is 5.89 Å². The van der Waals surface area contributed by atoms with Gasteiger partial charge >= 0.3 is 12.1 Å². The van der Waals surface area contributed by atoms with Crippen molar-refractivity contribution in [1.29, 1.82) is 0 Å². The van der Waals surface area contributed by atoms with Gasteiger partial charge in [0.1, 0.15) is 6.10 Å². The number of rotatable bonds is 6. The van der Waals surface area contributed by atoms with Crippen LogP contribution in [0, 0.1) is 5.92 Å². The molecule has 4 rings (SSSR count). The number of hydrogen-bond acceptors (Lipinski definition) is 8. The molecule has 0 saturated carbocycles. The van der Waals surface area contributed by atoms with Crippen molar-refractivity contribution < 1.29 is 23.6 Å². The predicted octanol–water partition coefficient (Wildman–Crippen LogP) is 1.77. The summed E-state index contributed by atoms with van der Waals surface area (Å²) in [5.41, 5.74) is 0. The zero-order valence-electron chi connectivity index (χ0n) is 14.6. The van der Waals surface area contributed by atoms with Crippen molar-refractivity contribution in [3.8, 4) is 0 Å². The van der Waals surface area contributed by atoms with Gasteiger partial charge in [0.25, 0.3) is 5.95 Å². The zero-order chi connectivity index (χ0) is 17.8. The Bertz CT molecular complexity index is 611. The minimum absolute atomic E-state index is 0.00164. The Morgan fingerprint density at radius 2 is 2.16 bits per heavy atom. The van der Waals surface area contributed by atoms with Gasteiger partial charge in [-0.05, 0) is 50.9 Å². The molecule has 9 heteroatoms. The Morgan fingerprint density at radius 1 is 1.40 bits per heavy atom. The number of amides is 1. The van der Waals surface area contributed by atoms with Crippen LogP contribution in [0.15, 0.2) is 4.52 Å². The van der Waals surface area contributed by atoms with Gasteiger partial charge in [-0.3, -0.25) is 10.1 Å². The standard InChI is InChI=1S/C16H24N4O5/c1-3-23-13(21)8-10(2)24-16(22)18-15-17-14(25-19-15)12-9-20-6-4-11(12)5-7-20/h10-12H,3-9H2,1-2H3,(H,18,19,22). The molecule has 2 unspecified atom stereocenters. The van der Waals surface area contributed by atoms with E-state index in [1.165, 1.54) is 0 Å². The number of nitrogens with one attached hydrogen (secondary N) is 1. The van der Waals surface area contributed by atoms with Gasteiger partial charge in [0.15, 0.2) is 0 Å². The average molecular weight is 352 g/mol. The van der Waals surface area contributed by atoms with Gasteiger partial charge in [-0.2, -0.15) is 4.98 Å². The number of aromatic nitrogens is 2. The van der Waals surface area contributed by atoms with E-state index in [0.717, 1.165) is 32.5 Å². The smallest absolute Gasteiger partial charge is 0.414 e. The van der Waals surface area contributed by atoms with Gasteiger partial charge < -0.3 is 18.9 Å². The summed E-state index contributed by atoms with van der Waals surface area (Å²) in [5.74, 6) is 1.02. The van der Waals surface area contributed by atoms with Crippen LogP contribution in [0.25, 0.3) is 0 Å². The van der Waals surface area contributed by atoms with E-state index in [1.807, 2.05) is 0 Å². The van der Waals surface area contributed by atoms with E-state index in [9.17, 15) is 9.59 Å². The Morgan fingerprint density at radius 3 is 2.80 bits per heavy atom. The lowest BCUT2D eigenvalue weighted by atomic mass is 9.79. The maximum absolute atomic E-state index is 11.9. The third kappa shape index (κ3) is 4.47. The molecule has 0 aliphatic carbocycles. The largest absolute Gasteiger partial charge is 0.466 e. The van der Waals surface area contributed by atoms with Gasteiger partial charge in [0.05, 0.1) is 18.9 Å². The molecule has 3 saturated heterocycles. The Kier molecular flexibility index (Phi) is 5.52. The molecule has 138 valence electrons. The van der Waals surface area contributed by atoms with E-state index >= 15 is 0 Å². The average Bonchev–Trinajstić information content (AvgIpc) is 3.04. The monoisotopic (exact) mass is 352 g/mol. The normalized spacial score (nSPS) is 26.1. The summed E-state index contributed by atoms with van der Waals surface area (Å²) in [5, 5.41) is 6.24. The SMILES string of the molecule is CCOC(=O)CC(C)OC(=O)Nc1noc(C2CN3CCC2CC3)n1. The predicted molar refractivity (Wildman–Crippen MR) is 87.0 cm³/mol. The van der Waals surface area contributed by atoms with E-state index in [0.29, 0.717) is 18.4 Å². The Labute approximate surface area is 146 Å². The van der Waals surface area contributed by atoms with Crippen LogP contribution in [-0.2, 0) is 14.3 Å². The van der Waals surface area contributed by atoms with Gasteiger partial charge in [0, 0.05) is 6.54 Å². The molecule has 25 heavy (non-hydrogen) atoms. The highest BCUT2D eigenvalue weighted by molar-refractivity contribution is 5.82. The van der Waals surface area contributed by atoms with E-state index < -0.39 is 18.2 Å². The second-order valence-electron chi connectivity index (χ2n) is 6.55.